The fraction of sp³-hybridized carbons (Fsp3) is 0.462. The first kappa shape index (κ1) is 14.8. The standard InChI is InChI=1S/C13H19ClN2O2/c1-3-16-12(17)7-8-18-13-10(9-15-2)5-4-6-11(13)14/h4-6,15H,3,7-9H2,1-2H3,(H,16,17). The highest BCUT2D eigenvalue weighted by Crippen LogP contribution is 2.28. The average molecular weight is 271 g/mol. The molecule has 0 atom stereocenters. The van der Waals surface area contributed by atoms with E-state index in [0.717, 1.165) is 5.56 Å². The Hall–Kier alpha value is -1.26. The molecule has 1 rings (SSSR count). The fourth-order valence-electron chi connectivity index (χ4n) is 1.58. The van der Waals surface area contributed by atoms with Crippen molar-refractivity contribution in [1.82, 2.24) is 10.6 Å². The van der Waals surface area contributed by atoms with E-state index in [1.54, 1.807) is 6.07 Å². The maximum absolute atomic E-state index is 11.3. The molecule has 0 aliphatic carbocycles. The summed E-state index contributed by atoms with van der Waals surface area (Å²) in [5.41, 5.74) is 0.987. The van der Waals surface area contributed by atoms with Crippen LogP contribution in [0.1, 0.15) is 18.9 Å². The van der Waals surface area contributed by atoms with Gasteiger partial charge in [0.2, 0.25) is 5.91 Å². The number of amides is 1. The first-order valence-electron chi connectivity index (χ1n) is 6.00. The van der Waals surface area contributed by atoms with Crippen molar-refractivity contribution in [3.05, 3.63) is 28.8 Å². The smallest absolute Gasteiger partial charge is 0.223 e. The summed E-state index contributed by atoms with van der Waals surface area (Å²) in [4.78, 5) is 11.3. The van der Waals surface area contributed by atoms with Gasteiger partial charge in [0.15, 0.2) is 0 Å². The Kier molecular flexibility index (Phi) is 6.54. The predicted molar refractivity (Wildman–Crippen MR) is 73.0 cm³/mol. The van der Waals surface area contributed by atoms with E-state index in [1.165, 1.54) is 0 Å². The van der Waals surface area contributed by atoms with E-state index >= 15 is 0 Å². The molecule has 1 aromatic carbocycles. The monoisotopic (exact) mass is 270 g/mol. The minimum atomic E-state index is -0.0141. The third kappa shape index (κ3) is 4.55. The number of carbonyl (C=O) groups excluding carboxylic acids is 1. The molecular formula is C13H19ClN2O2. The summed E-state index contributed by atoms with van der Waals surface area (Å²) in [7, 11) is 1.86. The lowest BCUT2D eigenvalue weighted by Gasteiger charge is -2.12. The molecule has 0 spiro atoms. The van der Waals surface area contributed by atoms with Crippen molar-refractivity contribution in [3.63, 3.8) is 0 Å². The van der Waals surface area contributed by atoms with Crippen LogP contribution >= 0.6 is 11.6 Å². The molecule has 0 radical (unpaired) electrons. The van der Waals surface area contributed by atoms with Crippen LogP contribution in [-0.4, -0.2) is 26.1 Å². The highest BCUT2D eigenvalue weighted by Gasteiger charge is 2.08. The maximum atomic E-state index is 11.3. The van der Waals surface area contributed by atoms with Gasteiger partial charge in [-0.1, -0.05) is 23.7 Å². The number of benzene rings is 1. The minimum absolute atomic E-state index is 0.0141. The van der Waals surface area contributed by atoms with Crippen LogP contribution in [0.25, 0.3) is 0 Å². The second-order valence-electron chi connectivity index (χ2n) is 3.81. The number of ether oxygens (including phenoxy) is 1. The summed E-state index contributed by atoms with van der Waals surface area (Å²) in [5, 5.41) is 6.34. The zero-order valence-electron chi connectivity index (χ0n) is 10.8. The molecule has 1 amide bonds. The summed E-state index contributed by atoms with van der Waals surface area (Å²) in [6, 6.07) is 5.61. The van der Waals surface area contributed by atoms with Crippen molar-refractivity contribution < 1.29 is 9.53 Å². The second kappa shape index (κ2) is 7.95. The zero-order chi connectivity index (χ0) is 13.4. The van der Waals surface area contributed by atoms with E-state index in [-0.39, 0.29) is 5.91 Å². The van der Waals surface area contributed by atoms with Crippen LogP contribution in [0.15, 0.2) is 18.2 Å². The molecular weight excluding hydrogens is 252 g/mol. The second-order valence-corrected chi connectivity index (χ2v) is 4.22. The van der Waals surface area contributed by atoms with Gasteiger partial charge in [0.05, 0.1) is 18.1 Å². The van der Waals surface area contributed by atoms with Crippen molar-refractivity contribution >= 4 is 17.5 Å². The largest absolute Gasteiger partial charge is 0.491 e. The molecule has 0 saturated carbocycles. The van der Waals surface area contributed by atoms with E-state index in [1.807, 2.05) is 26.1 Å². The molecule has 100 valence electrons. The third-order valence-electron chi connectivity index (χ3n) is 2.37. The van der Waals surface area contributed by atoms with Crippen LogP contribution in [0, 0.1) is 0 Å². The minimum Gasteiger partial charge on any atom is -0.491 e. The Morgan fingerprint density at radius 3 is 2.89 bits per heavy atom. The number of para-hydroxylation sites is 1. The van der Waals surface area contributed by atoms with Gasteiger partial charge in [-0.3, -0.25) is 4.79 Å². The van der Waals surface area contributed by atoms with Crippen LogP contribution in [0.3, 0.4) is 0 Å². The number of nitrogens with one attached hydrogen (secondary N) is 2. The van der Waals surface area contributed by atoms with Gasteiger partial charge in [0.25, 0.3) is 0 Å². The third-order valence-corrected chi connectivity index (χ3v) is 2.66. The van der Waals surface area contributed by atoms with Crippen molar-refractivity contribution in [1.29, 1.82) is 0 Å². The molecule has 1 aromatic rings. The van der Waals surface area contributed by atoms with Gasteiger partial charge in [0, 0.05) is 18.7 Å². The van der Waals surface area contributed by atoms with Crippen molar-refractivity contribution in [2.75, 3.05) is 20.2 Å². The van der Waals surface area contributed by atoms with Gasteiger partial charge in [-0.2, -0.15) is 0 Å². The molecule has 0 heterocycles. The topological polar surface area (TPSA) is 50.4 Å². The van der Waals surface area contributed by atoms with Gasteiger partial charge in [-0.05, 0) is 20.0 Å². The molecule has 18 heavy (non-hydrogen) atoms. The highest BCUT2D eigenvalue weighted by molar-refractivity contribution is 6.32. The summed E-state index contributed by atoms with van der Waals surface area (Å²) >= 11 is 6.09. The average Bonchev–Trinajstić information content (AvgIpc) is 2.33. The predicted octanol–water partition coefficient (Wildman–Crippen LogP) is 1.96. The number of rotatable bonds is 7. The lowest BCUT2D eigenvalue weighted by atomic mass is 10.2. The summed E-state index contributed by atoms with van der Waals surface area (Å²) in [6.45, 7) is 3.52. The fourth-order valence-corrected chi connectivity index (χ4v) is 1.82. The molecule has 0 saturated heterocycles. The molecule has 0 aliphatic rings. The lowest BCUT2D eigenvalue weighted by molar-refractivity contribution is -0.121. The number of carbonyl (C=O) groups is 1. The first-order chi connectivity index (χ1) is 8.69. The van der Waals surface area contributed by atoms with Crippen molar-refractivity contribution in [2.24, 2.45) is 0 Å². The van der Waals surface area contributed by atoms with Gasteiger partial charge in [0.1, 0.15) is 5.75 Å². The molecule has 0 aliphatic heterocycles. The number of halogens is 1. The van der Waals surface area contributed by atoms with Crippen LogP contribution < -0.4 is 15.4 Å². The molecule has 5 heteroatoms. The molecule has 4 nitrogen and oxygen atoms in total. The van der Waals surface area contributed by atoms with Crippen LogP contribution in [-0.2, 0) is 11.3 Å². The molecule has 0 fully saturated rings. The van der Waals surface area contributed by atoms with Crippen LogP contribution in [0.5, 0.6) is 5.75 Å². The quantitative estimate of drug-likeness (QED) is 0.796. The number of hydrogen-bond donors (Lipinski definition) is 2. The van der Waals surface area contributed by atoms with Gasteiger partial charge >= 0.3 is 0 Å². The van der Waals surface area contributed by atoms with E-state index in [4.69, 9.17) is 16.3 Å². The molecule has 0 bridgehead atoms. The van der Waals surface area contributed by atoms with E-state index in [0.29, 0.717) is 36.9 Å². The Bertz CT molecular complexity index is 397. The zero-order valence-corrected chi connectivity index (χ0v) is 11.5. The molecule has 2 N–H and O–H groups in total. The van der Waals surface area contributed by atoms with Crippen molar-refractivity contribution in [3.8, 4) is 5.75 Å². The Morgan fingerprint density at radius 1 is 1.44 bits per heavy atom. The summed E-state index contributed by atoms with van der Waals surface area (Å²) < 4.78 is 5.60. The van der Waals surface area contributed by atoms with E-state index < -0.39 is 0 Å². The first-order valence-corrected chi connectivity index (χ1v) is 6.38. The van der Waals surface area contributed by atoms with Crippen molar-refractivity contribution in [2.45, 2.75) is 19.9 Å². The van der Waals surface area contributed by atoms with Gasteiger partial charge in [-0.25, -0.2) is 0 Å². The van der Waals surface area contributed by atoms with Gasteiger partial charge < -0.3 is 15.4 Å². The number of hydrogen-bond acceptors (Lipinski definition) is 3. The molecule has 0 unspecified atom stereocenters. The van der Waals surface area contributed by atoms with Crippen LogP contribution in [0.2, 0.25) is 5.02 Å². The van der Waals surface area contributed by atoms with E-state index in [2.05, 4.69) is 10.6 Å². The maximum Gasteiger partial charge on any atom is 0.223 e. The van der Waals surface area contributed by atoms with Gasteiger partial charge in [-0.15, -0.1) is 0 Å². The normalized spacial score (nSPS) is 10.2. The summed E-state index contributed by atoms with van der Waals surface area (Å²) in [6.07, 6.45) is 0.331. The van der Waals surface area contributed by atoms with E-state index in [9.17, 15) is 4.79 Å². The van der Waals surface area contributed by atoms with Crippen LogP contribution in [0.4, 0.5) is 0 Å². The Balaban J connectivity index is 2.57. The summed E-state index contributed by atoms with van der Waals surface area (Å²) in [5.74, 6) is 0.637. The molecule has 0 aromatic heterocycles. The SMILES string of the molecule is CCNC(=O)CCOc1c(Cl)cccc1CNC. The highest BCUT2D eigenvalue weighted by atomic mass is 35.5. The Morgan fingerprint density at radius 2 is 2.22 bits per heavy atom. The lowest BCUT2D eigenvalue weighted by Crippen LogP contribution is -2.24. The Labute approximate surface area is 113 Å².